The molecule has 6 nitrogen and oxygen atoms in total. The van der Waals surface area contributed by atoms with Crippen LogP contribution in [0.15, 0.2) is 30.3 Å². The second-order valence-corrected chi connectivity index (χ2v) is 8.32. The van der Waals surface area contributed by atoms with Gasteiger partial charge in [-0.15, -0.1) is 17.8 Å². The zero-order chi connectivity index (χ0) is 26.0. The molecule has 36 heavy (non-hydrogen) atoms. The molecule has 0 bridgehead atoms. The third-order valence-corrected chi connectivity index (χ3v) is 5.51. The lowest BCUT2D eigenvalue weighted by molar-refractivity contribution is -0.159. The van der Waals surface area contributed by atoms with Gasteiger partial charge in [0.2, 0.25) is 0 Å². The molecule has 1 heterocycles. The van der Waals surface area contributed by atoms with Gasteiger partial charge in [-0.05, 0) is 18.4 Å². The van der Waals surface area contributed by atoms with Crippen LogP contribution in [0.25, 0.3) is 0 Å². The van der Waals surface area contributed by atoms with Crippen molar-refractivity contribution in [2.45, 2.75) is 89.1 Å². The summed E-state index contributed by atoms with van der Waals surface area (Å²) in [6, 6.07) is 9.19. The number of carbonyl (C=O) groups excluding carboxylic acids is 2. The van der Waals surface area contributed by atoms with Crippen molar-refractivity contribution in [2.24, 2.45) is 0 Å². The van der Waals surface area contributed by atoms with Crippen molar-refractivity contribution in [3.63, 3.8) is 0 Å². The van der Waals surface area contributed by atoms with Gasteiger partial charge in [0.1, 0.15) is 6.10 Å². The quantitative estimate of drug-likeness (QED) is 0.181. The van der Waals surface area contributed by atoms with E-state index in [1.165, 1.54) is 27.1 Å². The fraction of sp³-hybridized carbons (Fsp3) is 0.533. The van der Waals surface area contributed by atoms with Crippen molar-refractivity contribution in [1.29, 1.82) is 0 Å². The van der Waals surface area contributed by atoms with Gasteiger partial charge in [0, 0.05) is 32.8 Å². The van der Waals surface area contributed by atoms with Crippen LogP contribution in [-0.2, 0) is 28.5 Å². The molecule has 0 radical (unpaired) electrons. The van der Waals surface area contributed by atoms with Gasteiger partial charge >= 0.3 is 11.9 Å². The number of ether oxygens (including phenoxy) is 4. The molecule has 1 aliphatic rings. The Bertz CT molecular complexity index is 998. The molecule has 1 aromatic carbocycles. The zero-order valence-electron chi connectivity index (χ0n) is 21.5. The van der Waals surface area contributed by atoms with Gasteiger partial charge in [-0.1, -0.05) is 67.9 Å². The predicted octanol–water partition coefficient (Wildman–Crippen LogP) is 4.77. The second-order valence-electron chi connectivity index (χ2n) is 8.32. The minimum Gasteiger partial charge on any atom is -0.469 e. The Labute approximate surface area is 215 Å². The first-order valence-electron chi connectivity index (χ1n) is 12.5. The van der Waals surface area contributed by atoms with Crippen LogP contribution in [0.4, 0.5) is 0 Å². The minimum atomic E-state index is -0.847. The van der Waals surface area contributed by atoms with E-state index >= 15 is 0 Å². The number of unbranched alkanes of at least 4 members (excludes halogenated alkanes) is 4. The Morgan fingerprint density at radius 3 is 2.44 bits per heavy atom. The molecule has 1 aliphatic heterocycles. The van der Waals surface area contributed by atoms with Crippen LogP contribution in [0.3, 0.4) is 0 Å². The number of methoxy groups -OCH3 is 2. The summed E-state index contributed by atoms with van der Waals surface area (Å²) >= 11 is 0. The highest BCUT2D eigenvalue weighted by molar-refractivity contribution is 5.77. The molecule has 0 aliphatic carbocycles. The van der Waals surface area contributed by atoms with Gasteiger partial charge in [0.15, 0.2) is 12.2 Å². The third kappa shape index (κ3) is 11.0. The Hall–Kier alpha value is -3.24. The molecule has 1 saturated heterocycles. The molecule has 192 valence electrons. The maximum Gasteiger partial charge on any atom is 0.341 e. The lowest BCUT2D eigenvalue weighted by atomic mass is 10.1. The van der Waals surface area contributed by atoms with E-state index in [-0.39, 0.29) is 18.2 Å². The van der Waals surface area contributed by atoms with E-state index in [4.69, 9.17) is 14.2 Å². The lowest BCUT2D eigenvalue weighted by Crippen LogP contribution is -2.28. The standard InChI is InChI=1S/C30H36O6/c1-4-5-6-7-8-9-10-16-22-26(36-30(32)28(34-3)24-19-14-13-15-20-24)29-25(35-29)21-17-11-12-18-23-27(31)33-2/h13-15,19-20,25-26,28-29H,4-7,10,12,18,21,23H2,1-3H3/t25-,26+,28+,29-/m0/s1. The van der Waals surface area contributed by atoms with Crippen LogP contribution in [0.2, 0.25) is 0 Å². The smallest absolute Gasteiger partial charge is 0.341 e. The van der Waals surface area contributed by atoms with Crippen molar-refractivity contribution in [1.82, 2.24) is 0 Å². The molecular formula is C30H36O6. The molecule has 0 aromatic heterocycles. The number of hydrogen-bond donors (Lipinski definition) is 0. The van der Waals surface area contributed by atoms with Crippen LogP contribution in [0.5, 0.6) is 0 Å². The Morgan fingerprint density at radius 1 is 0.972 bits per heavy atom. The van der Waals surface area contributed by atoms with Crippen LogP contribution in [0, 0.1) is 35.5 Å². The summed E-state index contributed by atoms with van der Waals surface area (Å²) in [6.07, 6.45) is 4.73. The van der Waals surface area contributed by atoms with Crippen LogP contribution < -0.4 is 0 Å². The normalized spacial score (nSPS) is 17.1. The maximum atomic E-state index is 12.9. The number of carbonyl (C=O) groups is 2. The van der Waals surface area contributed by atoms with Crippen molar-refractivity contribution in [3.05, 3.63) is 35.9 Å². The highest BCUT2D eigenvalue weighted by Gasteiger charge is 2.46. The van der Waals surface area contributed by atoms with Crippen LogP contribution in [-0.4, -0.2) is 44.5 Å². The summed E-state index contributed by atoms with van der Waals surface area (Å²) in [6.45, 7) is 2.16. The number of epoxide rings is 1. The maximum absolute atomic E-state index is 12.9. The van der Waals surface area contributed by atoms with Crippen molar-refractivity contribution >= 4 is 11.9 Å². The average molecular weight is 493 g/mol. The van der Waals surface area contributed by atoms with Crippen molar-refractivity contribution in [2.75, 3.05) is 14.2 Å². The van der Waals surface area contributed by atoms with Gasteiger partial charge in [-0.25, -0.2) is 4.79 Å². The largest absolute Gasteiger partial charge is 0.469 e. The Balaban J connectivity index is 1.95. The SMILES string of the molecule is CCCCCC#CCC#C[C@@H](OC(=O)[C@H](OC)c1ccccc1)[C@H]1O[C@H]1CC#CCCCC(=O)OC. The topological polar surface area (TPSA) is 74.4 Å². The Morgan fingerprint density at radius 2 is 1.72 bits per heavy atom. The van der Waals surface area contributed by atoms with E-state index in [1.807, 2.05) is 30.3 Å². The van der Waals surface area contributed by atoms with Gasteiger partial charge < -0.3 is 18.9 Å². The minimum absolute atomic E-state index is 0.164. The first-order chi connectivity index (χ1) is 17.6. The number of rotatable bonds is 12. The van der Waals surface area contributed by atoms with E-state index in [0.29, 0.717) is 37.7 Å². The van der Waals surface area contributed by atoms with Gasteiger partial charge in [0.05, 0.1) is 19.6 Å². The summed E-state index contributed by atoms with van der Waals surface area (Å²) in [5.41, 5.74) is 0.709. The van der Waals surface area contributed by atoms with E-state index in [0.717, 1.165) is 12.8 Å². The lowest BCUT2D eigenvalue weighted by Gasteiger charge is -2.17. The molecule has 1 aromatic rings. The van der Waals surface area contributed by atoms with Crippen molar-refractivity contribution < 1.29 is 28.5 Å². The van der Waals surface area contributed by atoms with E-state index < -0.39 is 18.2 Å². The van der Waals surface area contributed by atoms with Crippen LogP contribution in [0.1, 0.15) is 76.4 Å². The first-order valence-corrected chi connectivity index (χ1v) is 12.5. The fourth-order valence-corrected chi connectivity index (χ4v) is 3.44. The summed E-state index contributed by atoms with van der Waals surface area (Å²) in [4.78, 5) is 24.1. The van der Waals surface area contributed by atoms with Gasteiger partial charge in [-0.3, -0.25) is 4.79 Å². The molecule has 0 spiro atoms. The zero-order valence-corrected chi connectivity index (χ0v) is 21.5. The number of benzene rings is 1. The number of hydrogen-bond acceptors (Lipinski definition) is 6. The molecule has 2 rings (SSSR count). The second kappa shape index (κ2) is 17.2. The van der Waals surface area contributed by atoms with Crippen molar-refractivity contribution in [3.8, 4) is 35.5 Å². The van der Waals surface area contributed by atoms with Gasteiger partial charge in [-0.2, -0.15) is 0 Å². The van der Waals surface area contributed by atoms with E-state index in [9.17, 15) is 9.59 Å². The molecule has 0 saturated carbocycles. The average Bonchev–Trinajstić information content (AvgIpc) is 3.67. The monoisotopic (exact) mass is 492 g/mol. The third-order valence-electron chi connectivity index (χ3n) is 5.51. The number of esters is 2. The first kappa shape index (κ1) is 29.0. The summed E-state index contributed by atoms with van der Waals surface area (Å²) in [5.74, 6) is 17.6. The molecule has 4 atom stereocenters. The summed E-state index contributed by atoms with van der Waals surface area (Å²) in [5, 5.41) is 0. The molecule has 0 amide bonds. The van der Waals surface area contributed by atoms with E-state index in [2.05, 4.69) is 47.2 Å². The molecular weight excluding hydrogens is 456 g/mol. The fourth-order valence-electron chi connectivity index (χ4n) is 3.44. The van der Waals surface area contributed by atoms with E-state index in [1.54, 1.807) is 0 Å². The highest BCUT2D eigenvalue weighted by Crippen LogP contribution is 2.31. The molecule has 0 unspecified atom stereocenters. The molecule has 1 fully saturated rings. The Kier molecular flexibility index (Phi) is 13.9. The molecule has 0 N–H and O–H groups in total. The summed E-state index contributed by atoms with van der Waals surface area (Å²) < 4.78 is 21.5. The van der Waals surface area contributed by atoms with Gasteiger partial charge in [0.25, 0.3) is 0 Å². The summed E-state index contributed by atoms with van der Waals surface area (Å²) in [7, 11) is 2.85. The van der Waals surface area contributed by atoms with Crippen LogP contribution >= 0.6 is 0 Å². The predicted molar refractivity (Wildman–Crippen MR) is 137 cm³/mol. The highest BCUT2D eigenvalue weighted by atomic mass is 16.6. The molecule has 6 heteroatoms.